The number of aliphatic hydroxyl groups is 1. The van der Waals surface area contributed by atoms with E-state index in [1.807, 2.05) is 4.90 Å². The highest BCUT2D eigenvalue weighted by atomic mass is 19.4. The normalized spacial score (nSPS) is 21.8. The van der Waals surface area contributed by atoms with Gasteiger partial charge in [-0.2, -0.15) is 23.0 Å². The fourth-order valence-electron chi connectivity index (χ4n) is 5.40. The maximum Gasteiger partial charge on any atom is 0.418 e. The largest absolute Gasteiger partial charge is 0.418 e. The Balaban J connectivity index is 1.70. The summed E-state index contributed by atoms with van der Waals surface area (Å²) < 4.78 is 42.8. The van der Waals surface area contributed by atoms with Crippen molar-refractivity contribution in [2.75, 3.05) is 18.0 Å². The van der Waals surface area contributed by atoms with Crippen LogP contribution in [-0.2, 0) is 19.0 Å². The zero-order valence-electron chi connectivity index (χ0n) is 17.3. The Morgan fingerprint density at radius 1 is 1.03 bits per heavy atom. The van der Waals surface area contributed by atoms with Crippen molar-refractivity contribution in [3.05, 3.63) is 50.9 Å². The average molecular weight is 433 g/mol. The van der Waals surface area contributed by atoms with Crippen molar-refractivity contribution in [1.82, 2.24) is 9.78 Å². The number of nitrogens with zero attached hydrogens (tertiary/aromatic N) is 3. The quantitative estimate of drug-likeness (QED) is 0.796. The van der Waals surface area contributed by atoms with E-state index in [1.165, 1.54) is 12.1 Å². The van der Waals surface area contributed by atoms with Crippen LogP contribution in [0.4, 0.5) is 18.9 Å². The molecule has 0 spiro atoms. The second-order valence-corrected chi connectivity index (χ2v) is 8.98. The van der Waals surface area contributed by atoms with Crippen LogP contribution in [0.2, 0.25) is 0 Å². The minimum Gasteiger partial charge on any atom is -0.391 e. The van der Waals surface area contributed by atoms with Crippen LogP contribution < -0.4 is 10.5 Å². The summed E-state index contributed by atoms with van der Waals surface area (Å²) in [6.45, 7) is 0.927. The topological polar surface area (TPSA) is 58.4 Å². The lowest BCUT2D eigenvalue weighted by atomic mass is 9.97. The van der Waals surface area contributed by atoms with Gasteiger partial charge in [-0.05, 0) is 62.3 Å². The van der Waals surface area contributed by atoms with Crippen molar-refractivity contribution < 1.29 is 18.3 Å². The lowest BCUT2D eigenvalue weighted by Gasteiger charge is -2.22. The minimum absolute atomic E-state index is 0.213. The summed E-state index contributed by atoms with van der Waals surface area (Å²) in [7, 11) is 0. The summed E-state index contributed by atoms with van der Waals surface area (Å²) in [5.41, 5.74) is 1.48. The van der Waals surface area contributed by atoms with Gasteiger partial charge in [0.05, 0.1) is 23.0 Å². The first kappa shape index (κ1) is 20.5. The molecule has 1 aliphatic heterocycles. The molecule has 0 radical (unpaired) electrons. The van der Waals surface area contributed by atoms with Crippen LogP contribution in [0.25, 0.3) is 5.69 Å². The lowest BCUT2D eigenvalue weighted by molar-refractivity contribution is -0.137. The van der Waals surface area contributed by atoms with E-state index in [9.17, 15) is 23.1 Å². The van der Waals surface area contributed by atoms with E-state index < -0.39 is 23.4 Å². The first-order valence-corrected chi connectivity index (χ1v) is 11.1. The molecule has 1 atom stereocenters. The molecule has 1 aromatic carbocycles. The van der Waals surface area contributed by atoms with Gasteiger partial charge in [-0.3, -0.25) is 4.79 Å². The van der Waals surface area contributed by atoms with Crippen molar-refractivity contribution in [3.63, 3.8) is 0 Å². The first-order valence-electron chi connectivity index (χ1n) is 11.1. The number of aliphatic hydroxyl groups excluding tert-OH is 1. The van der Waals surface area contributed by atoms with Crippen LogP contribution in [0, 0.1) is 0 Å². The number of alkyl halides is 3. The first-order chi connectivity index (χ1) is 14.8. The maximum atomic E-state index is 13.9. The number of fused-ring (bicyclic) bond motifs is 1. The Morgan fingerprint density at radius 2 is 1.77 bits per heavy atom. The molecule has 31 heavy (non-hydrogen) atoms. The summed E-state index contributed by atoms with van der Waals surface area (Å²) in [6.07, 6.45) is 1.78. The molecule has 2 aromatic rings. The second-order valence-electron chi connectivity index (χ2n) is 8.98. The third-order valence-electron chi connectivity index (χ3n) is 6.97. The summed E-state index contributed by atoms with van der Waals surface area (Å²) in [4.78, 5) is 15.1. The molecule has 5 rings (SSSR count). The summed E-state index contributed by atoms with van der Waals surface area (Å²) in [5, 5.41) is 14.4. The highest BCUT2D eigenvalue weighted by Crippen LogP contribution is 2.39. The number of β-amino-alcohol motifs (C(OH)–C–C–N with tert-alkyl or cyclic N) is 1. The van der Waals surface area contributed by atoms with Gasteiger partial charge in [0.25, 0.3) is 5.56 Å². The van der Waals surface area contributed by atoms with E-state index in [2.05, 4.69) is 5.10 Å². The number of halogens is 3. The maximum absolute atomic E-state index is 13.9. The zero-order chi connectivity index (χ0) is 21.8. The van der Waals surface area contributed by atoms with Crippen LogP contribution in [0.3, 0.4) is 0 Å². The predicted octanol–water partition coefficient (Wildman–Crippen LogP) is 3.97. The molecule has 0 bridgehead atoms. The van der Waals surface area contributed by atoms with Crippen LogP contribution in [0.15, 0.2) is 23.0 Å². The van der Waals surface area contributed by atoms with Gasteiger partial charge in [-0.25, -0.2) is 0 Å². The Bertz CT molecular complexity index is 1060. The van der Waals surface area contributed by atoms with Gasteiger partial charge in [0.15, 0.2) is 0 Å². The zero-order valence-corrected chi connectivity index (χ0v) is 17.3. The molecule has 1 N–H and O–H groups in total. The minimum atomic E-state index is -4.61. The standard InChI is InChI=1S/C23H26F3N3O2/c24-23(25,26)19-9-8-15(28-11-10-16(30)13-28)12-20(19)29-22(31)18-7-3-6-17(18)21(27-29)14-4-1-2-5-14/h8-9,12,14,16,30H,1-7,10-11,13H2/t16-/m0/s1. The van der Waals surface area contributed by atoms with Gasteiger partial charge in [-0.1, -0.05) is 12.8 Å². The van der Waals surface area contributed by atoms with Crippen molar-refractivity contribution in [2.24, 2.45) is 0 Å². The number of hydrogen-bond acceptors (Lipinski definition) is 4. The van der Waals surface area contributed by atoms with E-state index >= 15 is 0 Å². The van der Waals surface area contributed by atoms with Crippen LogP contribution in [0.5, 0.6) is 0 Å². The molecule has 166 valence electrons. The molecular weight excluding hydrogens is 407 g/mol. The van der Waals surface area contributed by atoms with Crippen LogP contribution in [0.1, 0.15) is 66.8 Å². The molecule has 2 heterocycles. The highest BCUT2D eigenvalue weighted by molar-refractivity contribution is 5.58. The molecule has 1 aromatic heterocycles. The third-order valence-corrected chi connectivity index (χ3v) is 6.97. The Hall–Kier alpha value is -2.35. The van der Waals surface area contributed by atoms with Gasteiger partial charge in [0.2, 0.25) is 0 Å². The molecule has 2 fully saturated rings. The van der Waals surface area contributed by atoms with Crippen molar-refractivity contribution >= 4 is 5.69 Å². The fraction of sp³-hybridized carbons (Fsp3) is 0.565. The van der Waals surface area contributed by atoms with Crippen molar-refractivity contribution in [1.29, 1.82) is 0 Å². The van der Waals surface area contributed by atoms with Crippen LogP contribution in [-0.4, -0.2) is 34.1 Å². The molecule has 0 amide bonds. The summed E-state index contributed by atoms with van der Waals surface area (Å²) in [5.74, 6) is 0.213. The predicted molar refractivity (Wildman–Crippen MR) is 111 cm³/mol. The number of anilines is 1. The van der Waals surface area contributed by atoms with E-state index in [0.717, 1.165) is 60.5 Å². The lowest BCUT2D eigenvalue weighted by Crippen LogP contribution is -2.30. The van der Waals surface area contributed by atoms with E-state index in [0.29, 0.717) is 37.2 Å². The van der Waals surface area contributed by atoms with Crippen molar-refractivity contribution in [2.45, 2.75) is 69.6 Å². The Morgan fingerprint density at radius 3 is 2.45 bits per heavy atom. The summed E-state index contributed by atoms with van der Waals surface area (Å²) >= 11 is 0. The molecule has 1 saturated carbocycles. The molecule has 3 aliphatic rings. The third kappa shape index (κ3) is 3.64. The van der Waals surface area contributed by atoms with Gasteiger partial charge >= 0.3 is 6.18 Å². The van der Waals surface area contributed by atoms with E-state index in [1.54, 1.807) is 0 Å². The van der Waals surface area contributed by atoms with Gasteiger partial charge in [0.1, 0.15) is 0 Å². The summed E-state index contributed by atoms with van der Waals surface area (Å²) in [6, 6.07) is 3.86. The Kier molecular flexibility index (Phi) is 5.07. The molecular formula is C23H26F3N3O2. The second kappa shape index (κ2) is 7.65. The molecule has 1 saturated heterocycles. The van der Waals surface area contributed by atoms with Gasteiger partial charge in [0, 0.05) is 30.3 Å². The smallest absolute Gasteiger partial charge is 0.391 e. The fourth-order valence-corrected chi connectivity index (χ4v) is 5.40. The van der Waals surface area contributed by atoms with Crippen molar-refractivity contribution in [3.8, 4) is 5.69 Å². The molecule has 5 nitrogen and oxygen atoms in total. The van der Waals surface area contributed by atoms with Gasteiger partial charge in [-0.15, -0.1) is 0 Å². The number of benzene rings is 1. The molecule has 0 unspecified atom stereocenters. The number of aromatic nitrogens is 2. The Labute approximate surface area is 178 Å². The molecule has 8 heteroatoms. The highest BCUT2D eigenvalue weighted by Gasteiger charge is 2.37. The van der Waals surface area contributed by atoms with E-state index in [4.69, 9.17) is 0 Å². The van der Waals surface area contributed by atoms with Crippen LogP contribution >= 0.6 is 0 Å². The van der Waals surface area contributed by atoms with E-state index in [-0.39, 0.29) is 11.6 Å². The number of rotatable bonds is 3. The molecule has 2 aliphatic carbocycles. The number of hydrogen-bond donors (Lipinski definition) is 1. The monoisotopic (exact) mass is 433 g/mol. The SMILES string of the molecule is O=c1c2c(c(C3CCCC3)nn1-c1cc(N3CC[C@H](O)C3)ccc1C(F)(F)F)CCC2. The van der Waals surface area contributed by atoms with Gasteiger partial charge < -0.3 is 10.0 Å². The average Bonchev–Trinajstić information content (AvgIpc) is 3.49.